The summed E-state index contributed by atoms with van der Waals surface area (Å²) in [6, 6.07) is 0. The van der Waals surface area contributed by atoms with Crippen LogP contribution >= 0.6 is 0 Å². The Morgan fingerprint density at radius 2 is 1.19 bits per heavy atom. The van der Waals surface area contributed by atoms with Crippen molar-refractivity contribution in [1.29, 1.82) is 0 Å². The summed E-state index contributed by atoms with van der Waals surface area (Å²) < 4.78 is 4.57. The number of anilines is 2. The summed E-state index contributed by atoms with van der Waals surface area (Å²) in [5, 5.41) is 8.67. The molecule has 2 aromatic heterocycles. The van der Waals surface area contributed by atoms with E-state index in [1.165, 1.54) is 64.2 Å². The van der Waals surface area contributed by atoms with Crippen molar-refractivity contribution in [3.63, 3.8) is 0 Å². The molecule has 4 heterocycles. The van der Waals surface area contributed by atoms with Crippen LogP contribution in [0.25, 0.3) is 0 Å². The number of hydrogen-bond donors (Lipinski definition) is 1. The van der Waals surface area contributed by atoms with E-state index in [0.29, 0.717) is 0 Å². The number of methoxy groups -OCH3 is 1. The van der Waals surface area contributed by atoms with Crippen molar-refractivity contribution in [3.05, 3.63) is 36.2 Å². The van der Waals surface area contributed by atoms with Crippen LogP contribution in [0.1, 0.15) is 59.5 Å². The topological polar surface area (TPSA) is 122 Å². The molecule has 0 aromatic carbocycles. The van der Waals surface area contributed by atoms with Crippen molar-refractivity contribution >= 4 is 23.6 Å². The van der Waals surface area contributed by atoms with Gasteiger partial charge in [-0.15, -0.1) is 0 Å². The highest BCUT2D eigenvalue weighted by molar-refractivity contribution is 5.86. The number of carbonyl (C=O) groups is 2. The number of carboxylic acid groups (broad SMARTS) is 1. The molecule has 2 aliphatic heterocycles. The average molecular weight is 428 g/mol. The van der Waals surface area contributed by atoms with E-state index in [1.807, 2.05) is 0 Å². The van der Waals surface area contributed by atoms with Crippen LogP contribution in [0.5, 0.6) is 0 Å². The molecule has 10 heteroatoms. The van der Waals surface area contributed by atoms with Crippen molar-refractivity contribution in [2.75, 3.05) is 43.1 Å². The molecule has 0 bridgehead atoms. The second-order valence-corrected chi connectivity index (χ2v) is 7.41. The Balaban J connectivity index is 0.000000176. The minimum absolute atomic E-state index is 0.00393. The van der Waals surface area contributed by atoms with E-state index < -0.39 is 11.9 Å². The molecule has 0 aliphatic carbocycles. The maximum Gasteiger partial charge on any atom is 0.358 e. The fourth-order valence-corrected chi connectivity index (χ4v) is 3.54. The minimum atomic E-state index is -1.03. The molecule has 2 aliphatic rings. The summed E-state index contributed by atoms with van der Waals surface area (Å²) >= 11 is 0. The quantitative estimate of drug-likeness (QED) is 0.726. The molecule has 4 rings (SSSR count). The van der Waals surface area contributed by atoms with E-state index in [0.717, 1.165) is 37.8 Å². The van der Waals surface area contributed by atoms with Crippen LogP contribution in [-0.2, 0) is 4.74 Å². The number of aromatic nitrogens is 4. The normalized spacial score (nSPS) is 16.2. The van der Waals surface area contributed by atoms with Gasteiger partial charge in [-0.1, -0.05) is 0 Å². The van der Waals surface area contributed by atoms with Crippen molar-refractivity contribution in [3.8, 4) is 0 Å². The van der Waals surface area contributed by atoms with Crippen LogP contribution in [0.3, 0.4) is 0 Å². The monoisotopic (exact) mass is 428 g/mol. The lowest BCUT2D eigenvalue weighted by atomic mass is 10.1. The smallest absolute Gasteiger partial charge is 0.358 e. The van der Waals surface area contributed by atoms with Crippen LogP contribution in [-0.4, -0.2) is 70.3 Å². The predicted octanol–water partition coefficient (Wildman–Crippen LogP) is 2.42. The molecule has 2 saturated heterocycles. The molecule has 0 saturated carbocycles. The lowest BCUT2D eigenvalue weighted by molar-refractivity contribution is 0.0592. The predicted molar refractivity (Wildman–Crippen MR) is 114 cm³/mol. The second-order valence-electron chi connectivity index (χ2n) is 7.41. The van der Waals surface area contributed by atoms with Gasteiger partial charge in [0, 0.05) is 26.2 Å². The summed E-state index contributed by atoms with van der Waals surface area (Å²) in [7, 11) is 1.34. The Labute approximate surface area is 181 Å². The number of rotatable bonds is 4. The molecule has 0 atom stereocenters. The first-order valence-electron chi connectivity index (χ1n) is 10.5. The summed E-state index contributed by atoms with van der Waals surface area (Å²) in [5.41, 5.74) is 0.249. The average Bonchev–Trinajstić information content (AvgIpc) is 2.85. The molecule has 0 radical (unpaired) electrons. The highest BCUT2D eigenvalue weighted by Crippen LogP contribution is 2.17. The molecule has 0 spiro atoms. The molecule has 31 heavy (non-hydrogen) atoms. The van der Waals surface area contributed by atoms with Gasteiger partial charge in [-0.05, 0) is 38.5 Å². The summed E-state index contributed by atoms with van der Waals surface area (Å²) in [5.74, 6) is 0.137. The number of carboxylic acids is 1. The van der Waals surface area contributed by atoms with Gasteiger partial charge in [0.2, 0.25) is 0 Å². The van der Waals surface area contributed by atoms with Gasteiger partial charge in [-0.3, -0.25) is 0 Å². The van der Waals surface area contributed by atoms with Gasteiger partial charge in [-0.2, -0.15) is 0 Å². The number of nitrogens with zero attached hydrogens (tertiary/aromatic N) is 6. The Hall–Kier alpha value is -3.30. The van der Waals surface area contributed by atoms with Crippen LogP contribution in [0.2, 0.25) is 0 Å². The van der Waals surface area contributed by atoms with Crippen molar-refractivity contribution in [2.45, 2.75) is 38.5 Å². The summed E-state index contributed by atoms with van der Waals surface area (Å²) in [6.07, 6.45) is 13.2. The zero-order chi connectivity index (χ0) is 22.1. The summed E-state index contributed by atoms with van der Waals surface area (Å²) in [4.78, 5) is 42.3. The molecule has 10 nitrogen and oxygen atoms in total. The van der Waals surface area contributed by atoms with E-state index in [1.54, 1.807) is 6.20 Å². The third kappa shape index (κ3) is 6.34. The van der Waals surface area contributed by atoms with Gasteiger partial charge in [-0.25, -0.2) is 29.5 Å². The summed E-state index contributed by atoms with van der Waals surface area (Å²) in [6.45, 7) is 4.01. The molecule has 1 N–H and O–H groups in total. The Morgan fingerprint density at radius 1 is 0.742 bits per heavy atom. The first kappa shape index (κ1) is 22.4. The van der Waals surface area contributed by atoms with Gasteiger partial charge >= 0.3 is 11.9 Å². The molecular weight excluding hydrogens is 400 g/mol. The largest absolute Gasteiger partial charge is 0.476 e. The van der Waals surface area contributed by atoms with Crippen molar-refractivity contribution in [1.82, 2.24) is 19.9 Å². The fourth-order valence-electron chi connectivity index (χ4n) is 3.54. The van der Waals surface area contributed by atoms with Gasteiger partial charge < -0.3 is 19.6 Å². The lowest BCUT2D eigenvalue weighted by Crippen LogP contribution is -2.30. The van der Waals surface area contributed by atoms with E-state index in [9.17, 15) is 9.59 Å². The molecule has 166 valence electrons. The SMILES string of the molecule is COC(=O)c1cnc(N2CCCCC2)cn1.O=C(O)c1cnc(N2CCCCC2)cn1. The molecule has 2 fully saturated rings. The van der Waals surface area contributed by atoms with Crippen LogP contribution in [0.15, 0.2) is 24.8 Å². The molecular formula is C21H28N6O4. The van der Waals surface area contributed by atoms with Crippen molar-refractivity contribution < 1.29 is 19.4 Å². The number of aromatic carboxylic acids is 1. The molecule has 0 amide bonds. The zero-order valence-electron chi connectivity index (χ0n) is 17.7. The van der Waals surface area contributed by atoms with Crippen LogP contribution in [0.4, 0.5) is 11.6 Å². The van der Waals surface area contributed by atoms with E-state index in [4.69, 9.17) is 5.11 Å². The standard InChI is InChI=1S/C11H15N3O2.C10H13N3O2/c1-16-11(15)9-7-13-10(8-12-9)14-5-3-2-4-6-14;14-10(15)8-6-12-9(7-11-8)13-4-2-1-3-5-13/h7-8H,2-6H2,1H3;6-7H,1-5H2,(H,14,15). The van der Waals surface area contributed by atoms with E-state index in [2.05, 4.69) is 34.5 Å². The first-order chi connectivity index (χ1) is 15.1. The maximum absolute atomic E-state index is 11.2. The van der Waals surface area contributed by atoms with Gasteiger partial charge in [0.05, 0.1) is 31.9 Å². The van der Waals surface area contributed by atoms with Gasteiger partial charge in [0.1, 0.15) is 11.6 Å². The number of carbonyl (C=O) groups excluding carboxylic acids is 1. The van der Waals surface area contributed by atoms with Gasteiger partial charge in [0.25, 0.3) is 0 Å². The molecule has 0 unspecified atom stereocenters. The highest BCUT2D eigenvalue weighted by Gasteiger charge is 2.14. The highest BCUT2D eigenvalue weighted by atomic mass is 16.5. The first-order valence-corrected chi connectivity index (χ1v) is 10.5. The third-order valence-electron chi connectivity index (χ3n) is 5.25. The lowest BCUT2D eigenvalue weighted by Gasteiger charge is -2.27. The Bertz CT molecular complexity index is 847. The third-order valence-corrected chi connectivity index (χ3v) is 5.25. The van der Waals surface area contributed by atoms with E-state index >= 15 is 0 Å². The maximum atomic E-state index is 11.2. The Kier molecular flexibility index (Phi) is 8.08. The Morgan fingerprint density at radius 3 is 1.55 bits per heavy atom. The molecule has 2 aromatic rings. The fraction of sp³-hybridized carbons (Fsp3) is 0.524. The number of piperidine rings is 2. The second kappa shape index (κ2) is 11.2. The number of ether oxygens (including phenoxy) is 1. The van der Waals surface area contributed by atoms with E-state index in [-0.39, 0.29) is 11.4 Å². The number of esters is 1. The minimum Gasteiger partial charge on any atom is -0.476 e. The van der Waals surface area contributed by atoms with Crippen LogP contribution in [0, 0.1) is 0 Å². The zero-order valence-corrected chi connectivity index (χ0v) is 17.7. The van der Waals surface area contributed by atoms with Gasteiger partial charge in [0.15, 0.2) is 11.4 Å². The number of hydrogen-bond acceptors (Lipinski definition) is 9. The van der Waals surface area contributed by atoms with Crippen molar-refractivity contribution in [2.24, 2.45) is 0 Å². The van der Waals surface area contributed by atoms with Crippen LogP contribution < -0.4 is 9.80 Å².